The average molecular weight is 378 g/mol. The van der Waals surface area contributed by atoms with Gasteiger partial charge < -0.3 is 10.6 Å². The number of imide groups is 1. The summed E-state index contributed by atoms with van der Waals surface area (Å²) in [5.74, 6) is 0.0267. The second-order valence-electron chi connectivity index (χ2n) is 7.34. The Morgan fingerprint density at radius 2 is 1.85 bits per heavy atom. The molecule has 1 aromatic carbocycles. The van der Waals surface area contributed by atoms with Gasteiger partial charge in [0.2, 0.25) is 0 Å². The highest BCUT2D eigenvalue weighted by Crippen LogP contribution is 2.37. The molecule has 5 nitrogen and oxygen atoms in total. The molecular weight excluding hydrogens is 350 g/mol. The number of carbonyl (C=O) groups is 2. The van der Waals surface area contributed by atoms with Crippen LogP contribution in [-0.4, -0.2) is 41.5 Å². The van der Waals surface area contributed by atoms with Gasteiger partial charge in [0, 0.05) is 17.5 Å². The van der Waals surface area contributed by atoms with Crippen molar-refractivity contribution < 1.29 is 9.59 Å². The van der Waals surface area contributed by atoms with Crippen LogP contribution in [0.3, 0.4) is 0 Å². The van der Waals surface area contributed by atoms with E-state index in [-0.39, 0.29) is 23.9 Å². The molecule has 0 bridgehead atoms. The monoisotopic (exact) mass is 377 g/mol. The first-order chi connectivity index (χ1) is 12.5. The maximum absolute atomic E-state index is 13.6. The van der Waals surface area contributed by atoms with Crippen molar-refractivity contribution in [2.45, 2.75) is 57.5 Å². The van der Waals surface area contributed by atoms with E-state index in [0.29, 0.717) is 11.4 Å². The molecule has 0 saturated carbocycles. The highest BCUT2D eigenvalue weighted by atomic mass is 35.5. The maximum Gasteiger partial charge on any atom is 0.325 e. The lowest BCUT2D eigenvalue weighted by Crippen LogP contribution is -2.57. The molecule has 0 unspecified atom stereocenters. The maximum atomic E-state index is 13.6. The van der Waals surface area contributed by atoms with Crippen molar-refractivity contribution in [2.24, 2.45) is 5.92 Å². The summed E-state index contributed by atoms with van der Waals surface area (Å²) >= 11 is 6.39. The van der Waals surface area contributed by atoms with Gasteiger partial charge in [0.15, 0.2) is 0 Å². The summed E-state index contributed by atoms with van der Waals surface area (Å²) < 4.78 is 0. The number of hydrogen-bond acceptors (Lipinski definition) is 3. The molecule has 142 valence electrons. The summed E-state index contributed by atoms with van der Waals surface area (Å²) in [5, 5.41) is 7.10. The molecule has 0 spiro atoms. The van der Waals surface area contributed by atoms with Crippen molar-refractivity contribution in [1.82, 2.24) is 15.5 Å². The van der Waals surface area contributed by atoms with Gasteiger partial charge in [0.25, 0.3) is 5.91 Å². The molecule has 26 heavy (non-hydrogen) atoms. The van der Waals surface area contributed by atoms with Crippen LogP contribution in [0.5, 0.6) is 0 Å². The van der Waals surface area contributed by atoms with E-state index in [0.717, 1.165) is 44.3 Å². The van der Waals surface area contributed by atoms with Crippen molar-refractivity contribution in [3.8, 4) is 0 Å². The molecule has 1 aromatic rings. The number of piperidine rings is 1. The molecule has 6 heteroatoms. The zero-order valence-corrected chi connectivity index (χ0v) is 16.3. The summed E-state index contributed by atoms with van der Waals surface area (Å²) in [7, 11) is 0. The minimum Gasteiger partial charge on any atom is -0.322 e. The lowest BCUT2D eigenvalue weighted by molar-refractivity contribution is -0.135. The van der Waals surface area contributed by atoms with Crippen molar-refractivity contribution in [1.29, 1.82) is 0 Å². The number of carbonyl (C=O) groups excluding carboxylic acids is 2. The highest BCUT2D eigenvalue weighted by Gasteiger charge is 2.56. The first-order valence-electron chi connectivity index (χ1n) is 9.63. The van der Waals surface area contributed by atoms with Gasteiger partial charge in [-0.2, -0.15) is 0 Å². The van der Waals surface area contributed by atoms with Gasteiger partial charge in [-0.25, -0.2) is 4.79 Å². The number of urea groups is 1. The summed E-state index contributed by atoms with van der Waals surface area (Å²) in [6.07, 6.45) is 3.72. The number of halogens is 1. The molecule has 0 radical (unpaired) electrons. The highest BCUT2D eigenvalue weighted by molar-refractivity contribution is 6.31. The van der Waals surface area contributed by atoms with Crippen LogP contribution in [-0.2, 0) is 11.2 Å². The molecule has 1 atom stereocenters. The Morgan fingerprint density at radius 1 is 1.19 bits per heavy atom. The van der Waals surface area contributed by atoms with E-state index < -0.39 is 5.54 Å². The Labute approximate surface area is 160 Å². The smallest absolute Gasteiger partial charge is 0.322 e. The molecular formula is C20H28ClN3O2. The third-order valence-corrected chi connectivity index (χ3v) is 6.29. The first-order valence-corrected chi connectivity index (χ1v) is 10.0. The second-order valence-corrected chi connectivity index (χ2v) is 7.75. The van der Waals surface area contributed by atoms with Gasteiger partial charge >= 0.3 is 6.03 Å². The zero-order valence-electron chi connectivity index (χ0n) is 15.6. The second kappa shape index (κ2) is 7.97. The van der Waals surface area contributed by atoms with Gasteiger partial charge in [-0.15, -0.1) is 0 Å². The Bertz CT molecular complexity index is 671. The third kappa shape index (κ3) is 3.35. The summed E-state index contributed by atoms with van der Waals surface area (Å²) in [4.78, 5) is 27.9. The van der Waals surface area contributed by atoms with Crippen LogP contribution in [0.15, 0.2) is 24.3 Å². The van der Waals surface area contributed by atoms with Gasteiger partial charge in [0.1, 0.15) is 5.54 Å². The summed E-state index contributed by atoms with van der Waals surface area (Å²) in [6, 6.07) is 7.29. The van der Waals surface area contributed by atoms with Crippen molar-refractivity contribution in [3.63, 3.8) is 0 Å². The molecule has 2 aliphatic heterocycles. The Morgan fingerprint density at radius 3 is 2.46 bits per heavy atom. The van der Waals surface area contributed by atoms with E-state index in [2.05, 4.69) is 10.6 Å². The van der Waals surface area contributed by atoms with E-state index in [4.69, 9.17) is 11.6 Å². The van der Waals surface area contributed by atoms with Crippen molar-refractivity contribution in [2.75, 3.05) is 13.1 Å². The topological polar surface area (TPSA) is 61.4 Å². The molecule has 0 aromatic heterocycles. The summed E-state index contributed by atoms with van der Waals surface area (Å²) in [6.45, 7) is 5.77. The number of rotatable bonds is 6. The fraction of sp³-hybridized carbons (Fsp3) is 0.600. The largest absolute Gasteiger partial charge is 0.325 e. The molecule has 2 N–H and O–H groups in total. The number of amides is 3. The lowest BCUT2D eigenvalue weighted by Gasteiger charge is -2.38. The number of nitrogens with one attached hydrogen (secondary N) is 2. The van der Waals surface area contributed by atoms with Crippen LogP contribution in [0.1, 0.15) is 45.1 Å². The molecule has 2 fully saturated rings. The zero-order chi connectivity index (χ0) is 18.7. The fourth-order valence-corrected chi connectivity index (χ4v) is 4.60. The van der Waals surface area contributed by atoms with Gasteiger partial charge in [-0.3, -0.25) is 9.69 Å². The average Bonchev–Trinajstić information content (AvgIpc) is 2.91. The molecule has 3 rings (SSSR count). The van der Waals surface area contributed by atoms with Crippen LogP contribution in [0.25, 0.3) is 0 Å². The van der Waals surface area contributed by atoms with Gasteiger partial charge in [-0.05, 0) is 56.3 Å². The minimum absolute atomic E-state index is 0.0580. The van der Waals surface area contributed by atoms with E-state index in [1.165, 1.54) is 4.90 Å². The Balaban J connectivity index is 2.00. The third-order valence-electron chi connectivity index (χ3n) is 5.92. The molecule has 2 aliphatic rings. The van der Waals surface area contributed by atoms with Gasteiger partial charge in [0.05, 0.1) is 0 Å². The lowest BCUT2D eigenvalue weighted by atomic mass is 9.74. The van der Waals surface area contributed by atoms with Crippen LogP contribution in [0, 0.1) is 5.92 Å². The normalized spacial score (nSPS) is 24.4. The van der Waals surface area contributed by atoms with Gasteiger partial charge in [-0.1, -0.05) is 43.6 Å². The van der Waals surface area contributed by atoms with Crippen LogP contribution in [0.2, 0.25) is 5.02 Å². The molecule has 3 amide bonds. The van der Waals surface area contributed by atoms with Crippen molar-refractivity contribution in [3.05, 3.63) is 34.9 Å². The van der Waals surface area contributed by atoms with E-state index >= 15 is 0 Å². The standard InChI is InChI=1S/C20H28ClN3O2/c1-3-16(4-2)24-18(25)20(23-19(24)26,15-9-11-22-12-10-15)13-14-7-5-6-8-17(14)21/h5-8,15-16,22H,3-4,9-13H2,1-2H3,(H,23,26)/t20-/m0/s1. The van der Waals surface area contributed by atoms with Crippen LogP contribution in [0.4, 0.5) is 4.79 Å². The molecule has 2 heterocycles. The number of nitrogens with zero attached hydrogens (tertiary/aromatic N) is 1. The summed E-state index contributed by atoms with van der Waals surface area (Å²) in [5.41, 5.74) is 0.0139. The minimum atomic E-state index is -0.896. The van der Waals surface area contributed by atoms with E-state index in [9.17, 15) is 9.59 Å². The molecule has 2 saturated heterocycles. The SMILES string of the molecule is CCC(CC)N1C(=O)N[C@@](Cc2ccccc2Cl)(C2CCNCC2)C1=O. The quantitative estimate of drug-likeness (QED) is 0.747. The fourth-order valence-electron chi connectivity index (χ4n) is 4.39. The predicted molar refractivity (Wildman–Crippen MR) is 103 cm³/mol. The van der Waals surface area contributed by atoms with Crippen LogP contribution >= 0.6 is 11.6 Å². The Hall–Kier alpha value is -1.59. The number of benzene rings is 1. The van der Waals surface area contributed by atoms with Crippen molar-refractivity contribution >= 4 is 23.5 Å². The predicted octanol–water partition coefficient (Wildman–Crippen LogP) is 3.36. The first kappa shape index (κ1) is 19.2. The van der Waals surface area contributed by atoms with E-state index in [1.54, 1.807) is 0 Å². The Kier molecular flexibility index (Phi) is 5.88. The number of hydrogen-bond donors (Lipinski definition) is 2. The molecule has 0 aliphatic carbocycles. The van der Waals surface area contributed by atoms with E-state index in [1.807, 2.05) is 38.1 Å². The van der Waals surface area contributed by atoms with Crippen LogP contribution < -0.4 is 10.6 Å².